The monoisotopic (exact) mass is 418 g/mol. The van der Waals surface area contributed by atoms with Crippen molar-refractivity contribution in [3.8, 4) is 0 Å². The van der Waals surface area contributed by atoms with Gasteiger partial charge in [0.25, 0.3) is 0 Å². The number of rotatable bonds is 6. The van der Waals surface area contributed by atoms with Crippen LogP contribution in [0.4, 0.5) is 0 Å². The summed E-state index contributed by atoms with van der Waals surface area (Å²) in [4.78, 5) is 2.40. The Kier molecular flexibility index (Phi) is 6.81. The molecule has 0 aliphatic rings. The van der Waals surface area contributed by atoms with Crippen LogP contribution in [0.2, 0.25) is 0 Å². The summed E-state index contributed by atoms with van der Waals surface area (Å²) in [7, 11) is 3.14. The van der Waals surface area contributed by atoms with Gasteiger partial charge in [-0.2, -0.15) is 0 Å². The number of hydrogen-bond acceptors (Lipinski definition) is 3. The summed E-state index contributed by atoms with van der Waals surface area (Å²) < 4.78 is 5.72. The molecule has 0 heterocycles. The minimum atomic E-state index is 0.641. The molecule has 1 nitrogen and oxygen atoms in total. The highest BCUT2D eigenvalue weighted by molar-refractivity contribution is 9.50. The van der Waals surface area contributed by atoms with Gasteiger partial charge in [-0.05, 0) is 85.4 Å². The Morgan fingerprint density at radius 3 is 1.37 bits per heavy atom. The van der Waals surface area contributed by atoms with Crippen LogP contribution >= 0.6 is 50.0 Å². The van der Waals surface area contributed by atoms with Crippen LogP contribution in [-0.2, 0) is 18.0 Å². The molecule has 2 aromatic rings. The molecule has 0 N–H and O–H groups in total. The summed E-state index contributed by atoms with van der Waals surface area (Å²) in [6.45, 7) is 1.28. The normalized spacial score (nSPS) is 10.6. The molecule has 0 radical (unpaired) electrons. The van der Waals surface area contributed by atoms with Gasteiger partial charge < -0.3 is 4.74 Å². The lowest BCUT2D eigenvalue weighted by Crippen LogP contribution is -1.94. The Labute approximate surface area is 136 Å². The van der Waals surface area contributed by atoms with Crippen molar-refractivity contribution >= 4 is 50.0 Å². The minimum Gasteiger partial charge on any atom is -0.372 e. The first kappa shape index (κ1) is 15.4. The highest BCUT2D eigenvalue weighted by Crippen LogP contribution is 2.25. The Balaban J connectivity index is 1.81. The maximum Gasteiger partial charge on any atom is 0.0721 e. The van der Waals surface area contributed by atoms with Crippen LogP contribution in [0.1, 0.15) is 11.1 Å². The zero-order valence-electron chi connectivity index (χ0n) is 10.0. The van der Waals surface area contributed by atoms with E-state index < -0.39 is 0 Å². The predicted molar refractivity (Wildman–Crippen MR) is 90.9 cm³/mol. The fraction of sp³-hybridized carbons (Fsp3) is 0.143. The van der Waals surface area contributed by atoms with Crippen molar-refractivity contribution in [3.63, 3.8) is 0 Å². The van der Waals surface area contributed by atoms with Crippen LogP contribution in [0.15, 0.2) is 58.3 Å². The summed E-state index contributed by atoms with van der Waals surface area (Å²) in [6.07, 6.45) is 0. The molecule has 0 aliphatic heterocycles. The van der Waals surface area contributed by atoms with Crippen LogP contribution < -0.4 is 0 Å². The maximum atomic E-state index is 5.72. The van der Waals surface area contributed by atoms with Gasteiger partial charge in [0.15, 0.2) is 0 Å². The molecule has 0 aliphatic carbocycles. The van der Waals surface area contributed by atoms with Crippen molar-refractivity contribution in [2.24, 2.45) is 0 Å². The third kappa shape index (κ3) is 5.16. The Morgan fingerprint density at radius 1 is 0.684 bits per heavy atom. The molecule has 0 fully saturated rings. The fourth-order valence-electron chi connectivity index (χ4n) is 1.56. The molecule has 0 bridgehead atoms. The molecule has 0 aromatic heterocycles. The first-order valence-electron chi connectivity index (χ1n) is 5.64. The molecule has 0 saturated carbocycles. The lowest BCUT2D eigenvalue weighted by atomic mass is 10.2. The van der Waals surface area contributed by atoms with E-state index in [0.717, 1.165) is 0 Å². The average molecular weight is 420 g/mol. The van der Waals surface area contributed by atoms with E-state index >= 15 is 0 Å². The topological polar surface area (TPSA) is 9.23 Å². The average Bonchev–Trinajstić information content (AvgIpc) is 2.49. The molecule has 100 valence electrons. The van der Waals surface area contributed by atoms with Crippen molar-refractivity contribution < 1.29 is 4.74 Å². The van der Waals surface area contributed by atoms with Gasteiger partial charge in [-0.3, -0.25) is 0 Å². The molecule has 0 atom stereocenters. The fourth-order valence-corrected chi connectivity index (χ4v) is 3.33. The van der Waals surface area contributed by atoms with Gasteiger partial charge >= 0.3 is 0 Å². The number of halogens is 2. The van der Waals surface area contributed by atoms with Crippen LogP contribution in [0.3, 0.4) is 0 Å². The van der Waals surface area contributed by atoms with Crippen molar-refractivity contribution in [2.75, 3.05) is 0 Å². The van der Waals surface area contributed by atoms with Gasteiger partial charge in [0.2, 0.25) is 0 Å². The molecule has 19 heavy (non-hydrogen) atoms. The van der Waals surface area contributed by atoms with E-state index in [-0.39, 0.29) is 0 Å². The molecule has 0 amide bonds. The molecule has 2 rings (SSSR count). The molecule has 0 unspecified atom stereocenters. The third-order valence-electron chi connectivity index (χ3n) is 2.56. The standard InChI is InChI=1S/C14H12Br2OS2/c15-18-13-5-1-11(2-6-13)9-17-10-12-3-7-14(19-16)8-4-12/h1-8H,9-10H2. The lowest BCUT2D eigenvalue weighted by molar-refractivity contribution is 0.107. The summed E-state index contributed by atoms with van der Waals surface area (Å²) in [6, 6.07) is 16.7. The SMILES string of the molecule is BrSc1ccc(COCc2ccc(SBr)cc2)cc1. The molecule has 0 spiro atoms. The zero-order chi connectivity index (χ0) is 13.5. The van der Waals surface area contributed by atoms with Crippen molar-refractivity contribution in [2.45, 2.75) is 23.0 Å². The smallest absolute Gasteiger partial charge is 0.0721 e. The number of ether oxygens (including phenoxy) is 1. The maximum absolute atomic E-state index is 5.72. The van der Waals surface area contributed by atoms with E-state index in [4.69, 9.17) is 4.74 Å². The first-order valence-corrected chi connectivity index (χ1v) is 11.0. The van der Waals surface area contributed by atoms with E-state index in [9.17, 15) is 0 Å². The van der Waals surface area contributed by atoms with Gasteiger partial charge in [0.05, 0.1) is 13.2 Å². The van der Waals surface area contributed by atoms with E-state index in [2.05, 4.69) is 78.2 Å². The van der Waals surface area contributed by atoms with Crippen LogP contribution in [0.25, 0.3) is 0 Å². The second kappa shape index (κ2) is 8.37. The Hall–Kier alpha value is 0.0600. The third-order valence-corrected chi connectivity index (χ3v) is 5.71. The highest BCUT2D eigenvalue weighted by Gasteiger charge is 1.97. The largest absolute Gasteiger partial charge is 0.372 e. The highest BCUT2D eigenvalue weighted by atomic mass is 79.9. The van der Waals surface area contributed by atoms with Crippen molar-refractivity contribution in [1.29, 1.82) is 0 Å². The zero-order valence-corrected chi connectivity index (χ0v) is 14.8. The van der Waals surface area contributed by atoms with Crippen molar-refractivity contribution in [3.05, 3.63) is 59.7 Å². The van der Waals surface area contributed by atoms with E-state index in [1.807, 2.05) is 0 Å². The van der Waals surface area contributed by atoms with Gasteiger partial charge in [-0.15, -0.1) is 0 Å². The summed E-state index contributed by atoms with van der Waals surface area (Å²) >= 11 is 6.71. The van der Waals surface area contributed by atoms with Crippen molar-refractivity contribution in [1.82, 2.24) is 0 Å². The summed E-state index contributed by atoms with van der Waals surface area (Å²) in [5, 5.41) is 0. The molecule has 2 aromatic carbocycles. The van der Waals surface area contributed by atoms with E-state index in [1.165, 1.54) is 20.9 Å². The molecule has 0 saturated heterocycles. The summed E-state index contributed by atoms with van der Waals surface area (Å²) in [5.41, 5.74) is 2.39. The van der Waals surface area contributed by atoms with Crippen LogP contribution in [0, 0.1) is 0 Å². The second-order valence-electron chi connectivity index (χ2n) is 3.94. The molecular formula is C14H12Br2OS2. The van der Waals surface area contributed by atoms with E-state index in [0.29, 0.717) is 13.2 Å². The second-order valence-corrected chi connectivity index (χ2v) is 7.13. The Bertz CT molecular complexity index is 452. The number of hydrogen-bond donors (Lipinski definition) is 0. The van der Waals surface area contributed by atoms with Gasteiger partial charge in [-0.25, -0.2) is 0 Å². The number of benzene rings is 2. The molecular weight excluding hydrogens is 408 g/mol. The van der Waals surface area contributed by atoms with Crippen LogP contribution in [-0.4, -0.2) is 0 Å². The summed E-state index contributed by atoms with van der Waals surface area (Å²) in [5.74, 6) is 0. The Morgan fingerprint density at radius 2 is 1.05 bits per heavy atom. The van der Waals surface area contributed by atoms with E-state index in [1.54, 1.807) is 20.4 Å². The lowest BCUT2D eigenvalue weighted by Gasteiger charge is -2.05. The first-order chi connectivity index (χ1) is 9.31. The van der Waals surface area contributed by atoms with Gasteiger partial charge in [-0.1, -0.05) is 24.3 Å². The predicted octanol–water partition coefficient (Wildman–Crippen LogP) is 6.21. The quantitative estimate of drug-likeness (QED) is 0.550. The van der Waals surface area contributed by atoms with Gasteiger partial charge in [0, 0.05) is 9.79 Å². The van der Waals surface area contributed by atoms with Crippen LogP contribution in [0.5, 0.6) is 0 Å². The molecule has 5 heteroatoms. The minimum absolute atomic E-state index is 0.641. The van der Waals surface area contributed by atoms with Gasteiger partial charge in [0.1, 0.15) is 0 Å².